The number of rotatable bonds is 1. The second-order valence-electron chi connectivity index (χ2n) is 3.33. The fourth-order valence-corrected chi connectivity index (χ4v) is 2.87. The first kappa shape index (κ1) is 9.99. The fourth-order valence-electron chi connectivity index (χ4n) is 1.64. The van der Waals surface area contributed by atoms with E-state index in [4.69, 9.17) is 21.1 Å². The highest BCUT2D eigenvalue weighted by Gasteiger charge is 2.20. The van der Waals surface area contributed by atoms with Crippen molar-refractivity contribution in [1.29, 1.82) is 0 Å². The summed E-state index contributed by atoms with van der Waals surface area (Å²) < 4.78 is 12.0. The maximum absolute atomic E-state index is 6.15. The molecule has 1 aliphatic heterocycles. The van der Waals surface area contributed by atoms with E-state index in [-0.39, 0.29) is 0 Å². The molecule has 3 rings (SSSR count). The third-order valence-corrected chi connectivity index (χ3v) is 3.70. The van der Waals surface area contributed by atoms with Gasteiger partial charge in [0.15, 0.2) is 16.6 Å². The number of hydrogen-bond acceptors (Lipinski definition) is 5. The lowest BCUT2D eigenvalue weighted by atomic mass is 10.3. The highest BCUT2D eigenvalue weighted by atomic mass is 35.5. The molecule has 1 aromatic carbocycles. The van der Waals surface area contributed by atoms with Gasteiger partial charge in [-0.05, 0) is 0 Å². The van der Waals surface area contributed by atoms with Crippen LogP contribution in [0.1, 0.15) is 0 Å². The Morgan fingerprint density at radius 2 is 2.25 bits per heavy atom. The van der Waals surface area contributed by atoms with Gasteiger partial charge in [0.2, 0.25) is 0 Å². The molecule has 0 amide bonds. The number of hydrogen-bond donors (Lipinski definition) is 1. The van der Waals surface area contributed by atoms with Crippen molar-refractivity contribution >= 4 is 38.3 Å². The molecule has 84 valence electrons. The smallest absolute Gasteiger partial charge is 0.183 e. The Morgan fingerprint density at radius 3 is 3.06 bits per heavy atom. The Labute approximate surface area is 101 Å². The standard InChI is InChI=1S/C10H9ClN2O2S/c1-12-10-13-7-5(11)4-6-8(9(7)16-10)15-3-2-14-6/h4H,2-3H2,1H3,(H,12,13). The molecule has 0 fully saturated rings. The van der Waals surface area contributed by atoms with Crippen molar-refractivity contribution < 1.29 is 9.47 Å². The highest BCUT2D eigenvalue weighted by Crippen LogP contribution is 2.45. The van der Waals surface area contributed by atoms with Gasteiger partial charge in [-0.1, -0.05) is 22.9 Å². The minimum absolute atomic E-state index is 0.562. The molecule has 0 bridgehead atoms. The zero-order valence-corrected chi connectivity index (χ0v) is 10.1. The summed E-state index contributed by atoms with van der Waals surface area (Å²) in [6.45, 7) is 1.13. The van der Waals surface area contributed by atoms with Crippen molar-refractivity contribution in [3.63, 3.8) is 0 Å². The van der Waals surface area contributed by atoms with E-state index in [2.05, 4.69) is 10.3 Å². The van der Waals surface area contributed by atoms with Crippen molar-refractivity contribution in [2.75, 3.05) is 25.6 Å². The lowest BCUT2D eigenvalue weighted by molar-refractivity contribution is 0.174. The van der Waals surface area contributed by atoms with Gasteiger partial charge in [-0.2, -0.15) is 0 Å². The van der Waals surface area contributed by atoms with Gasteiger partial charge >= 0.3 is 0 Å². The topological polar surface area (TPSA) is 43.4 Å². The summed E-state index contributed by atoms with van der Waals surface area (Å²) in [6, 6.07) is 1.76. The molecular weight excluding hydrogens is 248 g/mol. The van der Waals surface area contributed by atoms with Gasteiger partial charge in [0, 0.05) is 13.1 Å². The lowest BCUT2D eigenvalue weighted by Crippen LogP contribution is -2.15. The van der Waals surface area contributed by atoms with Crippen LogP contribution in [0.3, 0.4) is 0 Å². The van der Waals surface area contributed by atoms with Crippen LogP contribution in [0.5, 0.6) is 11.5 Å². The molecule has 1 aromatic heterocycles. The Morgan fingerprint density at radius 1 is 1.44 bits per heavy atom. The number of fused-ring (bicyclic) bond motifs is 3. The van der Waals surface area contributed by atoms with Gasteiger partial charge in [-0.25, -0.2) is 4.98 Å². The zero-order valence-electron chi connectivity index (χ0n) is 8.54. The van der Waals surface area contributed by atoms with Gasteiger partial charge in [-0.15, -0.1) is 0 Å². The summed E-state index contributed by atoms with van der Waals surface area (Å²) in [4.78, 5) is 4.38. The normalized spacial score (nSPS) is 14.1. The van der Waals surface area contributed by atoms with Gasteiger partial charge in [-0.3, -0.25) is 0 Å². The molecule has 0 atom stereocenters. The SMILES string of the molecule is CNc1nc2c(Cl)cc3c(c2s1)OCCO3. The lowest BCUT2D eigenvalue weighted by Gasteiger charge is -2.18. The first-order chi connectivity index (χ1) is 7.79. The van der Waals surface area contributed by atoms with Crippen LogP contribution < -0.4 is 14.8 Å². The summed E-state index contributed by atoms with van der Waals surface area (Å²) >= 11 is 7.66. The van der Waals surface area contributed by atoms with Crippen molar-refractivity contribution in [3.8, 4) is 11.5 Å². The van der Waals surface area contributed by atoms with Crippen molar-refractivity contribution in [2.45, 2.75) is 0 Å². The number of nitrogens with zero attached hydrogens (tertiary/aromatic N) is 1. The quantitative estimate of drug-likeness (QED) is 0.852. The predicted octanol–water partition coefficient (Wildman–Crippen LogP) is 2.76. The molecule has 0 saturated heterocycles. The van der Waals surface area contributed by atoms with E-state index in [9.17, 15) is 0 Å². The number of benzene rings is 1. The second-order valence-corrected chi connectivity index (χ2v) is 4.74. The van der Waals surface area contributed by atoms with Crippen molar-refractivity contribution in [2.24, 2.45) is 0 Å². The van der Waals surface area contributed by atoms with Crippen LogP contribution in [0.4, 0.5) is 5.13 Å². The van der Waals surface area contributed by atoms with Crippen LogP contribution >= 0.6 is 22.9 Å². The molecule has 1 N–H and O–H groups in total. The Kier molecular flexibility index (Phi) is 2.29. The number of halogens is 1. The van der Waals surface area contributed by atoms with Gasteiger partial charge in [0.25, 0.3) is 0 Å². The summed E-state index contributed by atoms with van der Waals surface area (Å²) in [5, 5.41) is 4.42. The molecule has 6 heteroatoms. The van der Waals surface area contributed by atoms with E-state index in [1.54, 1.807) is 6.07 Å². The number of aromatic nitrogens is 1. The third kappa shape index (κ3) is 1.39. The highest BCUT2D eigenvalue weighted by molar-refractivity contribution is 7.22. The molecule has 0 radical (unpaired) electrons. The molecule has 0 aliphatic carbocycles. The van der Waals surface area contributed by atoms with Crippen LogP contribution in [0.2, 0.25) is 5.02 Å². The Hall–Kier alpha value is -1.20. The fraction of sp³-hybridized carbons (Fsp3) is 0.300. The molecule has 16 heavy (non-hydrogen) atoms. The summed E-state index contributed by atoms with van der Waals surface area (Å²) in [6.07, 6.45) is 0. The molecular formula is C10H9ClN2O2S. The third-order valence-electron chi connectivity index (χ3n) is 2.34. The first-order valence-corrected chi connectivity index (χ1v) is 6.05. The molecule has 2 heterocycles. The maximum Gasteiger partial charge on any atom is 0.183 e. The number of thiazole rings is 1. The molecule has 4 nitrogen and oxygen atoms in total. The van der Waals surface area contributed by atoms with Gasteiger partial charge < -0.3 is 14.8 Å². The average Bonchev–Trinajstić information content (AvgIpc) is 2.74. The second kappa shape index (κ2) is 3.68. The minimum Gasteiger partial charge on any atom is -0.486 e. The maximum atomic E-state index is 6.15. The first-order valence-electron chi connectivity index (χ1n) is 4.86. The van der Waals surface area contributed by atoms with Crippen LogP contribution in [0, 0.1) is 0 Å². The minimum atomic E-state index is 0.562. The number of nitrogens with one attached hydrogen (secondary N) is 1. The van der Waals surface area contributed by atoms with Crippen molar-refractivity contribution in [3.05, 3.63) is 11.1 Å². The predicted molar refractivity (Wildman–Crippen MR) is 65.2 cm³/mol. The molecule has 0 spiro atoms. The van der Waals surface area contributed by atoms with E-state index in [0.29, 0.717) is 24.0 Å². The van der Waals surface area contributed by atoms with E-state index < -0.39 is 0 Å². The van der Waals surface area contributed by atoms with E-state index in [0.717, 1.165) is 21.1 Å². The summed E-state index contributed by atoms with van der Waals surface area (Å²) in [7, 11) is 1.83. The van der Waals surface area contributed by atoms with E-state index >= 15 is 0 Å². The molecule has 1 aliphatic rings. The number of ether oxygens (including phenoxy) is 2. The van der Waals surface area contributed by atoms with Crippen LogP contribution in [-0.2, 0) is 0 Å². The van der Waals surface area contributed by atoms with Crippen LogP contribution in [0.15, 0.2) is 6.07 Å². The Bertz CT molecular complexity index is 555. The van der Waals surface area contributed by atoms with Crippen LogP contribution in [-0.4, -0.2) is 25.2 Å². The molecule has 0 unspecified atom stereocenters. The van der Waals surface area contributed by atoms with Crippen LogP contribution in [0.25, 0.3) is 10.2 Å². The van der Waals surface area contributed by atoms with E-state index in [1.807, 2.05) is 7.05 Å². The number of anilines is 1. The average molecular weight is 257 g/mol. The Balaban J connectivity index is 2.32. The molecule has 0 saturated carbocycles. The van der Waals surface area contributed by atoms with E-state index in [1.165, 1.54) is 11.3 Å². The summed E-state index contributed by atoms with van der Waals surface area (Å²) in [5.74, 6) is 1.46. The van der Waals surface area contributed by atoms with Gasteiger partial charge in [0.1, 0.15) is 23.4 Å². The summed E-state index contributed by atoms with van der Waals surface area (Å²) in [5.41, 5.74) is 0.764. The molecule has 2 aromatic rings. The van der Waals surface area contributed by atoms with Gasteiger partial charge in [0.05, 0.1) is 5.02 Å². The zero-order chi connectivity index (χ0) is 11.1. The van der Waals surface area contributed by atoms with Crippen molar-refractivity contribution in [1.82, 2.24) is 4.98 Å². The largest absolute Gasteiger partial charge is 0.486 e. The monoisotopic (exact) mass is 256 g/mol.